The average Bonchev–Trinajstić information content (AvgIpc) is 2.97. The third-order valence-corrected chi connectivity index (χ3v) is 4.87. The molecule has 23 heavy (non-hydrogen) atoms. The van der Waals surface area contributed by atoms with Gasteiger partial charge in [-0.2, -0.15) is 0 Å². The SMILES string of the molecule is CCCCc1ccc(C(=O)Nc2nc3c(Cl)cccc3s2)cc1. The Morgan fingerprint density at radius 1 is 1.22 bits per heavy atom. The van der Waals surface area contributed by atoms with Crippen LogP contribution in [0.15, 0.2) is 42.5 Å². The van der Waals surface area contributed by atoms with E-state index in [1.807, 2.05) is 36.4 Å². The van der Waals surface area contributed by atoms with Crippen LogP contribution in [0.5, 0.6) is 0 Å². The van der Waals surface area contributed by atoms with E-state index in [1.54, 1.807) is 6.07 Å². The molecule has 0 aliphatic heterocycles. The van der Waals surface area contributed by atoms with E-state index >= 15 is 0 Å². The maximum absolute atomic E-state index is 12.3. The van der Waals surface area contributed by atoms with Crippen LogP contribution in [0.2, 0.25) is 5.02 Å². The molecule has 3 aromatic rings. The number of hydrogen-bond acceptors (Lipinski definition) is 3. The molecular formula is C18H17ClN2OS. The van der Waals surface area contributed by atoms with Crippen LogP contribution in [0, 0.1) is 0 Å². The van der Waals surface area contributed by atoms with Crippen molar-refractivity contribution >= 4 is 44.2 Å². The van der Waals surface area contributed by atoms with E-state index in [0.29, 0.717) is 15.7 Å². The molecule has 2 aromatic carbocycles. The summed E-state index contributed by atoms with van der Waals surface area (Å²) >= 11 is 7.54. The molecule has 0 radical (unpaired) electrons. The number of benzene rings is 2. The van der Waals surface area contributed by atoms with Crippen LogP contribution in [0.1, 0.15) is 35.7 Å². The Kier molecular flexibility index (Phi) is 4.94. The number of halogens is 1. The lowest BCUT2D eigenvalue weighted by atomic mass is 10.1. The van der Waals surface area contributed by atoms with Crippen molar-refractivity contribution in [1.29, 1.82) is 0 Å². The minimum atomic E-state index is -0.151. The second-order valence-electron chi connectivity index (χ2n) is 5.36. The summed E-state index contributed by atoms with van der Waals surface area (Å²) in [5.41, 5.74) is 2.62. The Morgan fingerprint density at radius 3 is 2.70 bits per heavy atom. The van der Waals surface area contributed by atoms with Crippen molar-refractivity contribution in [2.45, 2.75) is 26.2 Å². The first kappa shape index (κ1) is 16.0. The lowest BCUT2D eigenvalue weighted by Crippen LogP contribution is -2.11. The zero-order valence-electron chi connectivity index (χ0n) is 12.8. The number of amides is 1. The summed E-state index contributed by atoms with van der Waals surface area (Å²) in [7, 11) is 0. The summed E-state index contributed by atoms with van der Waals surface area (Å²) in [6, 6.07) is 13.4. The molecule has 3 nitrogen and oxygen atoms in total. The quantitative estimate of drug-likeness (QED) is 0.659. The van der Waals surface area contributed by atoms with Crippen LogP contribution in [-0.2, 0) is 6.42 Å². The Labute approximate surface area is 144 Å². The smallest absolute Gasteiger partial charge is 0.257 e. The van der Waals surface area contributed by atoms with Gasteiger partial charge in [-0.25, -0.2) is 4.98 Å². The molecule has 0 fully saturated rings. The van der Waals surface area contributed by atoms with Gasteiger partial charge in [0.15, 0.2) is 5.13 Å². The number of thiazole rings is 1. The number of rotatable bonds is 5. The van der Waals surface area contributed by atoms with Gasteiger partial charge in [0.1, 0.15) is 5.52 Å². The molecule has 1 heterocycles. The molecule has 1 amide bonds. The van der Waals surface area contributed by atoms with Crippen molar-refractivity contribution < 1.29 is 4.79 Å². The summed E-state index contributed by atoms with van der Waals surface area (Å²) in [5.74, 6) is -0.151. The van der Waals surface area contributed by atoms with E-state index in [4.69, 9.17) is 11.6 Å². The lowest BCUT2D eigenvalue weighted by Gasteiger charge is -2.03. The number of nitrogens with zero attached hydrogens (tertiary/aromatic N) is 1. The molecule has 1 aromatic heterocycles. The van der Waals surface area contributed by atoms with Gasteiger partial charge in [-0.1, -0.05) is 54.5 Å². The maximum atomic E-state index is 12.3. The number of unbranched alkanes of at least 4 members (excludes halogenated alkanes) is 1. The minimum absolute atomic E-state index is 0.151. The molecule has 0 aliphatic rings. The van der Waals surface area contributed by atoms with E-state index in [2.05, 4.69) is 17.2 Å². The van der Waals surface area contributed by atoms with Crippen molar-refractivity contribution in [2.24, 2.45) is 0 Å². The molecule has 0 bridgehead atoms. The predicted molar refractivity (Wildman–Crippen MR) is 97.6 cm³/mol. The lowest BCUT2D eigenvalue weighted by molar-refractivity contribution is 0.102. The van der Waals surface area contributed by atoms with Crippen LogP contribution in [-0.4, -0.2) is 10.9 Å². The number of carbonyl (C=O) groups is 1. The normalized spacial score (nSPS) is 10.9. The Balaban J connectivity index is 1.73. The zero-order chi connectivity index (χ0) is 16.2. The highest BCUT2D eigenvalue weighted by atomic mass is 35.5. The first-order chi connectivity index (χ1) is 11.2. The summed E-state index contributed by atoms with van der Waals surface area (Å²) in [5, 5.41) is 4.01. The second kappa shape index (κ2) is 7.11. The summed E-state index contributed by atoms with van der Waals surface area (Å²) in [6.07, 6.45) is 3.38. The Bertz CT molecular complexity index is 827. The van der Waals surface area contributed by atoms with E-state index in [9.17, 15) is 4.79 Å². The van der Waals surface area contributed by atoms with Gasteiger partial charge in [-0.05, 0) is 42.7 Å². The number of aryl methyl sites for hydroxylation is 1. The summed E-state index contributed by atoms with van der Waals surface area (Å²) in [6.45, 7) is 2.17. The highest BCUT2D eigenvalue weighted by molar-refractivity contribution is 7.22. The molecule has 3 rings (SSSR count). The highest BCUT2D eigenvalue weighted by Crippen LogP contribution is 2.30. The topological polar surface area (TPSA) is 42.0 Å². The maximum Gasteiger partial charge on any atom is 0.257 e. The van der Waals surface area contributed by atoms with Gasteiger partial charge >= 0.3 is 0 Å². The third kappa shape index (κ3) is 3.71. The first-order valence-corrected chi connectivity index (χ1v) is 8.82. The number of anilines is 1. The summed E-state index contributed by atoms with van der Waals surface area (Å²) < 4.78 is 0.961. The number of aromatic nitrogens is 1. The molecule has 0 saturated heterocycles. The van der Waals surface area contributed by atoms with E-state index in [-0.39, 0.29) is 5.91 Å². The molecular weight excluding hydrogens is 328 g/mol. The van der Waals surface area contributed by atoms with Gasteiger partial charge in [0.2, 0.25) is 0 Å². The van der Waals surface area contributed by atoms with Crippen molar-refractivity contribution in [2.75, 3.05) is 5.32 Å². The van der Waals surface area contributed by atoms with Crippen LogP contribution in [0.3, 0.4) is 0 Å². The molecule has 0 unspecified atom stereocenters. The van der Waals surface area contributed by atoms with Gasteiger partial charge in [0, 0.05) is 5.56 Å². The summed E-state index contributed by atoms with van der Waals surface area (Å²) in [4.78, 5) is 16.7. The largest absolute Gasteiger partial charge is 0.298 e. The number of hydrogen-bond donors (Lipinski definition) is 1. The van der Waals surface area contributed by atoms with Crippen molar-refractivity contribution in [3.8, 4) is 0 Å². The number of nitrogens with one attached hydrogen (secondary N) is 1. The number of fused-ring (bicyclic) bond motifs is 1. The number of carbonyl (C=O) groups excluding carboxylic acids is 1. The van der Waals surface area contributed by atoms with Gasteiger partial charge in [0.25, 0.3) is 5.91 Å². The fourth-order valence-electron chi connectivity index (χ4n) is 2.34. The van der Waals surface area contributed by atoms with Crippen molar-refractivity contribution in [1.82, 2.24) is 4.98 Å². The molecule has 0 spiro atoms. The second-order valence-corrected chi connectivity index (χ2v) is 6.80. The Morgan fingerprint density at radius 2 is 2.00 bits per heavy atom. The molecule has 118 valence electrons. The standard InChI is InChI=1S/C18H17ClN2OS/c1-2-3-5-12-8-10-13(11-9-12)17(22)21-18-20-16-14(19)6-4-7-15(16)23-18/h4,6-11H,2-3,5H2,1H3,(H,20,21,22). The van der Waals surface area contributed by atoms with Crippen LogP contribution < -0.4 is 5.32 Å². The predicted octanol–water partition coefficient (Wildman–Crippen LogP) is 5.54. The van der Waals surface area contributed by atoms with E-state index in [0.717, 1.165) is 23.1 Å². The Hall–Kier alpha value is -1.91. The molecule has 5 heteroatoms. The third-order valence-electron chi connectivity index (χ3n) is 3.63. The van der Waals surface area contributed by atoms with Gasteiger partial charge < -0.3 is 0 Å². The van der Waals surface area contributed by atoms with Crippen molar-refractivity contribution in [3.63, 3.8) is 0 Å². The fraction of sp³-hybridized carbons (Fsp3) is 0.222. The molecule has 0 atom stereocenters. The zero-order valence-corrected chi connectivity index (χ0v) is 14.4. The van der Waals surface area contributed by atoms with Crippen LogP contribution >= 0.6 is 22.9 Å². The minimum Gasteiger partial charge on any atom is -0.298 e. The van der Waals surface area contributed by atoms with Gasteiger partial charge in [-0.15, -0.1) is 0 Å². The van der Waals surface area contributed by atoms with Gasteiger partial charge in [-0.3, -0.25) is 10.1 Å². The van der Waals surface area contributed by atoms with E-state index in [1.165, 1.54) is 23.3 Å². The average molecular weight is 345 g/mol. The van der Waals surface area contributed by atoms with Crippen LogP contribution in [0.4, 0.5) is 5.13 Å². The fourth-order valence-corrected chi connectivity index (χ4v) is 3.50. The molecule has 0 aliphatic carbocycles. The number of para-hydroxylation sites is 1. The molecule has 0 saturated carbocycles. The monoisotopic (exact) mass is 344 g/mol. The van der Waals surface area contributed by atoms with Crippen LogP contribution in [0.25, 0.3) is 10.2 Å². The van der Waals surface area contributed by atoms with E-state index < -0.39 is 0 Å². The highest BCUT2D eigenvalue weighted by Gasteiger charge is 2.11. The van der Waals surface area contributed by atoms with Crippen molar-refractivity contribution in [3.05, 3.63) is 58.6 Å². The van der Waals surface area contributed by atoms with Gasteiger partial charge in [0.05, 0.1) is 9.72 Å². The first-order valence-electron chi connectivity index (χ1n) is 7.62. The molecule has 1 N–H and O–H groups in total.